The third-order valence-corrected chi connectivity index (χ3v) is 8.31. The smallest absolute Gasteiger partial charge is 0.168 e. The first kappa shape index (κ1) is 17.3. The molecule has 2 fully saturated rings. The average molecular weight is 397 g/mol. The van der Waals surface area contributed by atoms with Gasteiger partial charge in [-0.1, -0.05) is 13.3 Å². The fourth-order valence-electron chi connectivity index (χ4n) is 5.50. The monoisotopic (exact) mass is 396 g/mol. The van der Waals surface area contributed by atoms with Crippen molar-refractivity contribution in [3.63, 3.8) is 0 Å². The molecule has 3 aliphatic rings. The van der Waals surface area contributed by atoms with E-state index in [0.717, 1.165) is 47.9 Å². The number of rotatable bonds is 3. The first-order valence-corrected chi connectivity index (χ1v) is 11.7. The molecule has 1 aliphatic carbocycles. The Labute approximate surface area is 169 Å². The molecule has 5 heterocycles. The topological polar surface area (TPSA) is 49.6 Å². The molecular weight excluding hydrogens is 368 g/mol. The van der Waals surface area contributed by atoms with Gasteiger partial charge in [0.05, 0.1) is 11.9 Å². The SMILES string of the molecule is CCC1CCc2c(sc3ncn4nc(CN5CCN6CCCC6C5)nc4c23)C1. The van der Waals surface area contributed by atoms with Gasteiger partial charge in [0.2, 0.25) is 0 Å². The Balaban J connectivity index is 1.32. The number of hydrogen-bond acceptors (Lipinski definition) is 6. The van der Waals surface area contributed by atoms with Crippen LogP contribution < -0.4 is 0 Å². The second-order valence-electron chi connectivity index (χ2n) is 8.81. The van der Waals surface area contributed by atoms with E-state index in [-0.39, 0.29) is 0 Å². The van der Waals surface area contributed by atoms with Gasteiger partial charge in [0, 0.05) is 30.6 Å². The van der Waals surface area contributed by atoms with Crippen LogP contribution in [0.25, 0.3) is 15.9 Å². The zero-order valence-corrected chi connectivity index (χ0v) is 17.4. The van der Waals surface area contributed by atoms with Gasteiger partial charge >= 0.3 is 0 Å². The molecule has 0 saturated carbocycles. The molecule has 28 heavy (non-hydrogen) atoms. The van der Waals surface area contributed by atoms with Crippen LogP contribution >= 0.6 is 11.3 Å². The molecule has 0 N–H and O–H groups in total. The van der Waals surface area contributed by atoms with Crippen LogP contribution in [0.15, 0.2) is 6.33 Å². The lowest BCUT2D eigenvalue weighted by Gasteiger charge is -2.36. The van der Waals surface area contributed by atoms with Gasteiger partial charge in [0.1, 0.15) is 11.2 Å². The molecule has 0 aromatic carbocycles. The molecule has 0 bridgehead atoms. The van der Waals surface area contributed by atoms with Gasteiger partial charge in [-0.05, 0) is 50.1 Å². The van der Waals surface area contributed by atoms with Gasteiger partial charge in [0.25, 0.3) is 0 Å². The van der Waals surface area contributed by atoms with Crippen LogP contribution in [0, 0.1) is 5.92 Å². The van der Waals surface area contributed by atoms with E-state index in [4.69, 9.17) is 15.1 Å². The van der Waals surface area contributed by atoms with Crippen LogP contribution in [0.5, 0.6) is 0 Å². The standard InChI is InChI=1S/C21H28N6S/c1-2-14-5-6-16-17(10-14)28-21-19(16)20-23-18(24-27(20)13-22-21)12-25-8-9-26-7-3-4-15(26)11-25/h13-15H,2-12H2,1H3. The van der Waals surface area contributed by atoms with Crippen LogP contribution in [-0.2, 0) is 19.4 Å². The molecule has 6 nitrogen and oxygen atoms in total. The third kappa shape index (κ3) is 2.78. The molecule has 2 aliphatic heterocycles. The first-order valence-electron chi connectivity index (χ1n) is 10.9. The molecule has 2 atom stereocenters. The number of hydrogen-bond donors (Lipinski definition) is 0. The Morgan fingerprint density at radius 2 is 2.18 bits per heavy atom. The average Bonchev–Trinajstić information content (AvgIpc) is 3.42. The fourth-order valence-corrected chi connectivity index (χ4v) is 6.80. The minimum Gasteiger partial charge on any atom is -0.298 e. The second-order valence-corrected chi connectivity index (χ2v) is 9.89. The lowest BCUT2D eigenvalue weighted by molar-refractivity contribution is 0.0975. The van der Waals surface area contributed by atoms with Crippen molar-refractivity contribution in [1.29, 1.82) is 0 Å². The van der Waals surface area contributed by atoms with Crippen molar-refractivity contribution in [2.24, 2.45) is 5.92 Å². The molecular formula is C21H28N6S. The molecule has 3 aromatic heterocycles. The summed E-state index contributed by atoms with van der Waals surface area (Å²) in [6.07, 6.45) is 9.52. The molecule has 0 radical (unpaired) electrons. The molecule has 7 heteroatoms. The van der Waals surface area contributed by atoms with E-state index in [1.165, 1.54) is 67.4 Å². The normalized spacial score (nSPS) is 26.2. The van der Waals surface area contributed by atoms with Gasteiger partial charge in [-0.25, -0.2) is 14.5 Å². The van der Waals surface area contributed by atoms with E-state index >= 15 is 0 Å². The van der Waals surface area contributed by atoms with Gasteiger partial charge in [-0.2, -0.15) is 0 Å². The highest BCUT2D eigenvalue weighted by atomic mass is 32.1. The highest BCUT2D eigenvalue weighted by Gasteiger charge is 2.31. The van der Waals surface area contributed by atoms with Crippen LogP contribution in [0.2, 0.25) is 0 Å². The van der Waals surface area contributed by atoms with E-state index in [2.05, 4.69) is 16.7 Å². The summed E-state index contributed by atoms with van der Waals surface area (Å²) in [5, 5.41) is 6.07. The van der Waals surface area contributed by atoms with E-state index in [1.807, 2.05) is 22.2 Å². The Kier molecular flexibility index (Phi) is 4.17. The zero-order chi connectivity index (χ0) is 18.7. The van der Waals surface area contributed by atoms with Gasteiger partial charge in [0.15, 0.2) is 11.5 Å². The summed E-state index contributed by atoms with van der Waals surface area (Å²) < 4.78 is 1.92. The summed E-state index contributed by atoms with van der Waals surface area (Å²) in [5.41, 5.74) is 2.52. The lowest BCUT2D eigenvalue weighted by atomic mass is 9.86. The van der Waals surface area contributed by atoms with E-state index in [1.54, 1.807) is 0 Å². The third-order valence-electron chi connectivity index (χ3n) is 7.15. The van der Waals surface area contributed by atoms with Crippen molar-refractivity contribution in [1.82, 2.24) is 29.4 Å². The number of aromatic nitrogens is 4. The summed E-state index contributed by atoms with van der Waals surface area (Å²) in [6, 6.07) is 0.745. The molecule has 0 amide bonds. The minimum atomic E-state index is 0.745. The minimum absolute atomic E-state index is 0.745. The number of fused-ring (bicyclic) bond motifs is 6. The van der Waals surface area contributed by atoms with Gasteiger partial charge in [-0.3, -0.25) is 9.80 Å². The van der Waals surface area contributed by atoms with Crippen molar-refractivity contribution in [3.05, 3.63) is 22.6 Å². The van der Waals surface area contributed by atoms with Crippen molar-refractivity contribution in [3.8, 4) is 0 Å². The number of piperazine rings is 1. The maximum absolute atomic E-state index is 5.00. The largest absolute Gasteiger partial charge is 0.298 e. The predicted molar refractivity (Wildman–Crippen MR) is 112 cm³/mol. The molecule has 148 valence electrons. The predicted octanol–water partition coefficient (Wildman–Crippen LogP) is 3.13. The summed E-state index contributed by atoms with van der Waals surface area (Å²) in [4.78, 5) is 17.6. The highest BCUT2D eigenvalue weighted by Crippen LogP contribution is 2.39. The molecule has 2 unspecified atom stereocenters. The number of nitrogens with zero attached hydrogens (tertiary/aromatic N) is 6. The molecule has 2 saturated heterocycles. The van der Waals surface area contributed by atoms with Crippen LogP contribution in [0.4, 0.5) is 0 Å². The molecule has 0 spiro atoms. The van der Waals surface area contributed by atoms with Crippen molar-refractivity contribution in [2.75, 3.05) is 26.2 Å². The Hall–Kier alpha value is -1.57. The maximum Gasteiger partial charge on any atom is 0.168 e. The summed E-state index contributed by atoms with van der Waals surface area (Å²) in [6.45, 7) is 7.95. The summed E-state index contributed by atoms with van der Waals surface area (Å²) >= 11 is 1.88. The zero-order valence-electron chi connectivity index (χ0n) is 16.6. The highest BCUT2D eigenvalue weighted by molar-refractivity contribution is 7.19. The maximum atomic E-state index is 5.00. The van der Waals surface area contributed by atoms with Crippen molar-refractivity contribution < 1.29 is 0 Å². The van der Waals surface area contributed by atoms with Gasteiger partial charge in [-0.15, -0.1) is 16.4 Å². The fraction of sp³-hybridized carbons (Fsp3) is 0.667. The lowest BCUT2D eigenvalue weighted by Crippen LogP contribution is -2.49. The van der Waals surface area contributed by atoms with E-state index < -0.39 is 0 Å². The summed E-state index contributed by atoms with van der Waals surface area (Å²) in [5.74, 6) is 1.78. The Morgan fingerprint density at radius 3 is 3.11 bits per heavy atom. The van der Waals surface area contributed by atoms with E-state index in [0.29, 0.717) is 0 Å². The van der Waals surface area contributed by atoms with Crippen LogP contribution in [0.1, 0.15) is 48.9 Å². The number of thiophene rings is 1. The molecule has 6 rings (SSSR count). The number of aryl methyl sites for hydroxylation is 1. The second kappa shape index (κ2) is 6.75. The Bertz CT molecular complexity index is 1020. The molecule has 3 aromatic rings. The first-order chi connectivity index (χ1) is 13.8. The van der Waals surface area contributed by atoms with Crippen molar-refractivity contribution >= 4 is 27.2 Å². The van der Waals surface area contributed by atoms with Crippen molar-refractivity contribution in [2.45, 2.75) is 58.0 Å². The van der Waals surface area contributed by atoms with E-state index in [9.17, 15) is 0 Å². The quantitative estimate of drug-likeness (QED) is 0.681. The summed E-state index contributed by atoms with van der Waals surface area (Å²) in [7, 11) is 0. The van der Waals surface area contributed by atoms with Crippen LogP contribution in [-0.4, -0.2) is 61.6 Å². The van der Waals surface area contributed by atoms with Gasteiger partial charge < -0.3 is 0 Å². The van der Waals surface area contributed by atoms with Crippen LogP contribution in [0.3, 0.4) is 0 Å². The Morgan fingerprint density at radius 1 is 1.21 bits per heavy atom.